The third-order valence-electron chi connectivity index (χ3n) is 10.7. The molecule has 0 saturated heterocycles. The molecule has 0 unspecified atom stereocenters. The van der Waals surface area contributed by atoms with E-state index in [1.165, 1.54) is 71.3 Å². The molecule has 0 N–H and O–H groups in total. The average molecular weight is 647 g/mol. The summed E-state index contributed by atoms with van der Waals surface area (Å²) in [5, 5.41) is 7.75. The first kappa shape index (κ1) is 28.1. The van der Waals surface area contributed by atoms with E-state index in [1.54, 1.807) is 0 Å². The van der Waals surface area contributed by atoms with Crippen LogP contribution in [0, 0.1) is 0 Å². The molecule has 10 aromatic rings. The van der Waals surface area contributed by atoms with Gasteiger partial charge in [0.1, 0.15) is 5.82 Å². The molecule has 2 heteroatoms. The van der Waals surface area contributed by atoms with Gasteiger partial charge in [0.2, 0.25) is 0 Å². The lowest BCUT2D eigenvalue weighted by atomic mass is 9.91. The van der Waals surface area contributed by atoms with Gasteiger partial charge in [-0.25, -0.2) is 4.98 Å². The van der Waals surface area contributed by atoms with E-state index in [-0.39, 0.29) is 0 Å². The van der Waals surface area contributed by atoms with Gasteiger partial charge in [-0.05, 0) is 96.0 Å². The lowest BCUT2D eigenvalue weighted by Crippen LogP contribution is -1.99. The fourth-order valence-corrected chi connectivity index (χ4v) is 8.42. The number of para-hydroxylation sites is 2. The smallest absolute Gasteiger partial charge is 0.145 e. The summed E-state index contributed by atoms with van der Waals surface area (Å²) in [5.74, 6) is 0.948. The molecule has 11 rings (SSSR count). The van der Waals surface area contributed by atoms with Gasteiger partial charge in [-0.1, -0.05) is 152 Å². The molecule has 1 aromatic heterocycles. The van der Waals surface area contributed by atoms with Crippen molar-refractivity contribution in [2.75, 3.05) is 0 Å². The molecule has 0 radical (unpaired) electrons. The van der Waals surface area contributed by atoms with Crippen LogP contribution in [-0.4, -0.2) is 9.55 Å². The molecule has 0 bridgehead atoms. The molecule has 2 heterocycles. The third kappa shape index (κ3) is 4.20. The Bertz CT molecular complexity index is 3000. The number of aromatic nitrogens is 2. The van der Waals surface area contributed by atoms with Gasteiger partial charge in [-0.15, -0.1) is 0 Å². The maximum atomic E-state index is 5.31. The molecule has 0 amide bonds. The molecule has 236 valence electrons. The summed E-state index contributed by atoms with van der Waals surface area (Å²) >= 11 is 0. The quantitative estimate of drug-likeness (QED) is 0.175. The third-order valence-corrected chi connectivity index (χ3v) is 10.7. The number of hydrogen-bond acceptors (Lipinski definition) is 1. The second kappa shape index (κ2) is 10.9. The number of benzene rings is 9. The average Bonchev–Trinajstić information content (AvgIpc) is 3.55. The monoisotopic (exact) mass is 646 g/mol. The molecule has 0 fully saturated rings. The summed E-state index contributed by atoms with van der Waals surface area (Å²) < 4.78 is 2.37. The predicted octanol–water partition coefficient (Wildman–Crippen LogP) is 13.1. The number of rotatable bonds is 3. The Kier molecular flexibility index (Phi) is 5.99. The van der Waals surface area contributed by atoms with Crippen LogP contribution in [0.25, 0.3) is 105 Å². The summed E-state index contributed by atoms with van der Waals surface area (Å²) in [4.78, 5) is 5.31. The maximum absolute atomic E-state index is 5.31. The molecule has 51 heavy (non-hydrogen) atoms. The minimum atomic E-state index is 0.948. The maximum Gasteiger partial charge on any atom is 0.145 e. The highest BCUT2D eigenvalue weighted by Crippen LogP contribution is 2.45. The van der Waals surface area contributed by atoms with E-state index in [9.17, 15) is 0 Å². The Hall–Kier alpha value is -6.77. The highest BCUT2D eigenvalue weighted by molar-refractivity contribution is 6.25. The van der Waals surface area contributed by atoms with Gasteiger partial charge in [0, 0.05) is 16.7 Å². The Morgan fingerprint density at radius 3 is 1.47 bits per heavy atom. The zero-order valence-corrected chi connectivity index (χ0v) is 27.7. The first-order chi connectivity index (χ1) is 25.3. The Labute approximate surface area is 295 Å². The molecule has 0 saturated carbocycles. The van der Waals surface area contributed by atoms with Crippen LogP contribution in [0.15, 0.2) is 182 Å². The first-order valence-electron chi connectivity index (χ1n) is 17.6. The molecule has 0 atom stereocenters. The van der Waals surface area contributed by atoms with Crippen LogP contribution in [-0.2, 0) is 0 Å². The molecular formula is C49H30N2. The summed E-state index contributed by atoms with van der Waals surface area (Å²) in [5.41, 5.74) is 14.0. The molecule has 1 aliphatic heterocycles. The Balaban J connectivity index is 1.06. The number of nitrogens with zero attached hydrogens (tertiary/aromatic N) is 2. The number of imidazole rings is 1. The molecule has 1 aliphatic rings. The lowest BCUT2D eigenvalue weighted by molar-refractivity contribution is 1.11. The van der Waals surface area contributed by atoms with Gasteiger partial charge >= 0.3 is 0 Å². The summed E-state index contributed by atoms with van der Waals surface area (Å²) in [6, 6.07) is 66.2. The van der Waals surface area contributed by atoms with Gasteiger partial charge in [-0.3, -0.25) is 4.57 Å². The van der Waals surface area contributed by atoms with Gasteiger partial charge in [-0.2, -0.15) is 0 Å². The Morgan fingerprint density at radius 1 is 0.314 bits per heavy atom. The van der Waals surface area contributed by atoms with E-state index in [1.807, 2.05) is 0 Å². The van der Waals surface area contributed by atoms with E-state index < -0.39 is 0 Å². The molecular weight excluding hydrogens is 617 g/mol. The van der Waals surface area contributed by atoms with E-state index in [2.05, 4.69) is 187 Å². The van der Waals surface area contributed by atoms with Crippen LogP contribution in [0.5, 0.6) is 0 Å². The zero-order chi connectivity index (χ0) is 33.5. The van der Waals surface area contributed by atoms with E-state index in [4.69, 9.17) is 4.98 Å². The molecule has 2 nitrogen and oxygen atoms in total. The van der Waals surface area contributed by atoms with Crippen molar-refractivity contribution in [2.45, 2.75) is 0 Å². The summed E-state index contributed by atoms with van der Waals surface area (Å²) in [6.45, 7) is 0. The van der Waals surface area contributed by atoms with Crippen molar-refractivity contribution in [3.8, 4) is 61.6 Å². The predicted molar refractivity (Wildman–Crippen MR) is 214 cm³/mol. The topological polar surface area (TPSA) is 17.8 Å². The highest BCUT2D eigenvalue weighted by atomic mass is 15.1. The molecule has 9 aromatic carbocycles. The van der Waals surface area contributed by atoms with Crippen LogP contribution in [0.3, 0.4) is 0 Å². The largest absolute Gasteiger partial charge is 0.291 e. The van der Waals surface area contributed by atoms with E-state index in [0.717, 1.165) is 33.7 Å². The van der Waals surface area contributed by atoms with Crippen LogP contribution < -0.4 is 0 Å². The Morgan fingerprint density at radius 2 is 0.784 bits per heavy atom. The van der Waals surface area contributed by atoms with Gasteiger partial charge in [0.05, 0.1) is 16.7 Å². The van der Waals surface area contributed by atoms with Crippen molar-refractivity contribution in [3.63, 3.8) is 0 Å². The fraction of sp³-hybridized carbons (Fsp3) is 0. The van der Waals surface area contributed by atoms with Gasteiger partial charge in [0.25, 0.3) is 0 Å². The van der Waals surface area contributed by atoms with Crippen molar-refractivity contribution in [3.05, 3.63) is 182 Å². The van der Waals surface area contributed by atoms with Crippen molar-refractivity contribution in [1.82, 2.24) is 9.55 Å². The standard InChI is InChI=1S/C49H30N2/c1-2-18-38-36(16-1)37-17-3-6-21-41(37)45-30-34(26-27-42(38)45)32-13-9-12-31(28-32)33-14-10-15-35(29-33)49-50-46-24-11-23-44-40-20-5-4-19-39(40)43-22-7-8-25-47(43)51(49)48(44)46/h1-30H. The van der Waals surface area contributed by atoms with Crippen molar-refractivity contribution < 1.29 is 0 Å². The minimum Gasteiger partial charge on any atom is -0.291 e. The lowest BCUT2D eigenvalue weighted by Gasteiger charge is -2.14. The van der Waals surface area contributed by atoms with E-state index in [0.29, 0.717) is 0 Å². The minimum absolute atomic E-state index is 0.948. The van der Waals surface area contributed by atoms with Crippen LogP contribution in [0.1, 0.15) is 0 Å². The number of fused-ring (bicyclic) bond motifs is 11. The van der Waals surface area contributed by atoms with Gasteiger partial charge < -0.3 is 0 Å². The van der Waals surface area contributed by atoms with E-state index >= 15 is 0 Å². The first-order valence-corrected chi connectivity index (χ1v) is 17.6. The van der Waals surface area contributed by atoms with Crippen molar-refractivity contribution >= 4 is 43.4 Å². The van der Waals surface area contributed by atoms with Gasteiger partial charge in [0.15, 0.2) is 0 Å². The van der Waals surface area contributed by atoms with Crippen LogP contribution in [0.2, 0.25) is 0 Å². The number of hydrogen-bond donors (Lipinski definition) is 0. The van der Waals surface area contributed by atoms with Crippen molar-refractivity contribution in [1.29, 1.82) is 0 Å². The van der Waals surface area contributed by atoms with Crippen LogP contribution in [0.4, 0.5) is 0 Å². The fourth-order valence-electron chi connectivity index (χ4n) is 8.42. The second-order valence-electron chi connectivity index (χ2n) is 13.5. The highest BCUT2D eigenvalue weighted by Gasteiger charge is 2.25. The molecule has 0 spiro atoms. The molecule has 0 aliphatic carbocycles. The SMILES string of the molecule is c1cc(-c2cccc(-c3nc4cccc5c4n3-c3ccccc3-c3ccccc3-5)c2)cc(-c2ccc3c4ccccc4c4ccccc4c3c2)c1. The second-order valence-corrected chi connectivity index (χ2v) is 13.5. The van der Waals surface area contributed by atoms with Crippen LogP contribution >= 0.6 is 0 Å². The summed E-state index contributed by atoms with van der Waals surface area (Å²) in [6.07, 6.45) is 0. The summed E-state index contributed by atoms with van der Waals surface area (Å²) in [7, 11) is 0. The normalized spacial score (nSPS) is 11.9. The zero-order valence-electron chi connectivity index (χ0n) is 27.7. The van der Waals surface area contributed by atoms with Crippen molar-refractivity contribution in [2.24, 2.45) is 0 Å².